The van der Waals surface area contributed by atoms with E-state index in [-0.39, 0.29) is 5.82 Å². The molecule has 114 valence electrons. The van der Waals surface area contributed by atoms with Crippen molar-refractivity contribution in [3.8, 4) is 34.4 Å². The van der Waals surface area contributed by atoms with Crippen molar-refractivity contribution < 1.29 is 4.39 Å². The van der Waals surface area contributed by atoms with Gasteiger partial charge in [0.15, 0.2) is 0 Å². The van der Waals surface area contributed by atoms with Gasteiger partial charge in [-0.15, -0.1) is 0 Å². The zero-order valence-corrected chi connectivity index (χ0v) is 14.6. The van der Waals surface area contributed by atoms with Crippen LogP contribution in [-0.2, 0) is 0 Å². The fourth-order valence-electron chi connectivity index (χ4n) is 2.44. The molecule has 0 N–H and O–H groups in total. The van der Waals surface area contributed by atoms with E-state index in [9.17, 15) is 4.39 Å². The monoisotopic (exact) mass is 424 g/mol. The quantitative estimate of drug-likeness (QED) is 0.510. The Morgan fingerprint density at radius 2 is 1.17 bits per heavy atom. The molecule has 0 radical (unpaired) electrons. The molecule has 0 aliphatic carbocycles. The second kappa shape index (κ2) is 6.82. The van der Waals surface area contributed by atoms with Crippen LogP contribution in [0.15, 0.2) is 60.7 Å². The lowest BCUT2D eigenvalue weighted by molar-refractivity contribution is 0.630. The van der Waals surface area contributed by atoms with Gasteiger partial charge in [-0.2, -0.15) is 10.5 Å². The average Bonchev–Trinajstić information content (AvgIpc) is 2.62. The molecule has 0 unspecified atom stereocenters. The summed E-state index contributed by atoms with van der Waals surface area (Å²) in [4.78, 5) is 0. The van der Waals surface area contributed by atoms with E-state index in [4.69, 9.17) is 10.5 Å². The maximum absolute atomic E-state index is 14.4. The van der Waals surface area contributed by atoms with E-state index >= 15 is 0 Å². The zero-order valence-electron chi connectivity index (χ0n) is 12.4. The van der Waals surface area contributed by atoms with Gasteiger partial charge in [-0.1, -0.05) is 24.3 Å². The smallest absolute Gasteiger partial charge is 0.132 e. The molecular weight excluding hydrogens is 414 g/mol. The Kier molecular flexibility index (Phi) is 4.59. The third-order valence-electron chi connectivity index (χ3n) is 3.71. The van der Waals surface area contributed by atoms with Gasteiger partial charge in [-0.3, -0.25) is 0 Å². The van der Waals surface area contributed by atoms with Crippen LogP contribution in [0, 0.1) is 32.0 Å². The second-order valence-corrected chi connectivity index (χ2v) is 6.35. The van der Waals surface area contributed by atoms with Gasteiger partial charge < -0.3 is 0 Å². The van der Waals surface area contributed by atoms with Crippen LogP contribution in [0.4, 0.5) is 4.39 Å². The zero-order chi connectivity index (χ0) is 17.1. The maximum atomic E-state index is 14.4. The SMILES string of the molecule is N#Cc1ccc(-c2cc(-c3ccc(C#N)cc3)c(I)cc2F)cc1. The molecule has 0 bridgehead atoms. The van der Waals surface area contributed by atoms with Crippen molar-refractivity contribution in [3.05, 3.63) is 81.2 Å². The number of nitrogens with zero attached hydrogens (tertiary/aromatic N) is 2. The van der Waals surface area contributed by atoms with E-state index in [0.717, 1.165) is 20.3 Å². The summed E-state index contributed by atoms with van der Waals surface area (Å²) in [5, 5.41) is 17.8. The second-order valence-electron chi connectivity index (χ2n) is 5.19. The molecule has 0 aliphatic heterocycles. The van der Waals surface area contributed by atoms with Crippen LogP contribution in [0.2, 0.25) is 0 Å². The van der Waals surface area contributed by atoms with Gasteiger partial charge in [0.2, 0.25) is 0 Å². The molecular formula is C20H10FIN2. The molecule has 0 heterocycles. The summed E-state index contributed by atoms with van der Waals surface area (Å²) in [6.07, 6.45) is 0. The Balaban J connectivity index is 2.11. The van der Waals surface area contributed by atoms with Gasteiger partial charge in [0, 0.05) is 9.13 Å². The van der Waals surface area contributed by atoms with E-state index in [0.29, 0.717) is 16.7 Å². The molecule has 24 heavy (non-hydrogen) atoms. The first-order chi connectivity index (χ1) is 11.6. The van der Waals surface area contributed by atoms with Crippen molar-refractivity contribution in [3.63, 3.8) is 0 Å². The van der Waals surface area contributed by atoms with Gasteiger partial charge in [0.25, 0.3) is 0 Å². The van der Waals surface area contributed by atoms with Gasteiger partial charge in [-0.25, -0.2) is 4.39 Å². The largest absolute Gasteiger partial charge is 0.206 e. The number of hydrogen-bond donors (Lipinski definition) is 0. The first-order valence-electron chi connectivity index (χ1n) is 7.12. The van der Waals surface area contributed by atoms with Crippen LogP contribution in [0.5, 0.6) is 0 Å². The summed E-state index contributed by atoms with van der Waals surface area (Å²) in [7, 11) is 0. The van der Waals surface area contributed by atoms with Gasteiger partial charge in [-0.05, 0) is 75.7 Å². The summed E-state index contributed by atoms with van der Waals surface area (Å²) in [6.45, 7) is 0. The van der Waals surface area contributed by atoms with E-state index in [1.165, 1.54) is 6.07 Å². The predicted octanol–water partition coefficient (Wildman–Crippen LogP) is 5.51. The molecule has 4 heteroatoms. The van der Waals surface area contributed by atoms with Crippen LogP contribution in [0.1, 0.15) is 11.1 Å². The predicted molar refractivity (Wildman–Crippen MR) is 99.4 cm³/mol. The minimum Gasteiger partial charge on any atom is -0.206 e. The minimum absolute atomic E-state index is 0.304. The molecule has 2 nitrogen and oxygen atoms in total. The standard InChI is InChI=1S/C20H10FIN2/c21-19-10-20(22)18(16-7-3-14(12-24)4-8-16)9-17(19)15-5-1-13(11-23)2-6-15/h1-10H. The van der Waals surface area contributed by atoms with E-state index in [2.05, 4.69) is 34.7 Å². The lowest BCUT2D eigenvalue weighted by Gasteiger charge is -2.10. The summed E-state index contributed by atoms with van der Waals surface area (Å²) in [5.74, 6) is -0.304. The highest BCUT2D eigenvalue weighted by atomic mass is 127. The van der Waals surface area contributed by atoms with Gasteiger partial charge >= 0.3 is 0 Å². The molecule has 3 aromatic carbocycles. The fraction of sp³-hybridized carbons (Fsp3) is 0. The molecule has 0 amide bonds. The first kappa shape index (κ1) is 16.2. The van der Waals surface area contributed by atoms with Crippen LogP contribution in [0.3, 0.4) is 0 Å². The summed E-state index contributed by atoms with van der Waals surface area (Å²) in [5.41, 5.74) is 4.16. The number of nitriles is 2. The molecule has 0 aliphatic rings. The summed E-state index contributed by atoms with van der Waals surface area (Å²) in [6, 6.07) is 21.5. The molecule has 0 saturated heterocycles. The lowest BCUT2D eigenvalue weighted by atomic mass is 9.97. The summed E-state index contributed by atoms with van der Waals surface area (Å²) < 4.78 is 15.2. The van der Waals surface area contributed by atoms with E-state index in [1.54, 1.807) is 42.5 Å². The Morgan fingerprint density at radius 3 is 1.62 bits per heavy atom. The summed E-state index contributed by atoms with van der Waals surface area (Å²) >= 11 is 2.11. The number of halogens is 2. The average molecular weight is 424 g/mol. The maximum Gasteiger partial charge on any atom is 0.132 e. The Hall–Kier alpha value is -2.70. The Morgan fingerprint density at radius 1 is 0.708 bits per heavy atom. The van der Waals surface area contributed by atoms with Crippen LogP contribution < -0.4 is 0 Å². The topological polar surface area (TPSA) is 47.6 Å². The lowest BCUT2D eigenvalue weighted by Crippen LogP contribution is -1.91. The number of hydrogen-bond acceptors (Lipinski definition) is 2. The molecule has 0 aromatic heterocycles. The molecule has 3 aromatic rings. The number of rotatable bonds is 2. The van der Waals surface area contributed by atoms with Crippen molar-refractivity contribution >= 4 is 22.6 Å². The Labute approximate surface area is 152 Å². The third-order valence-corrected chi connectivity index (χ3v) is 4.60. The van der Waals surface area contributed by atoms with Crippen LogP contribution in [0.25, 0.3) is 22.3 Å². The van der Waals surface area contributed by atoms with E-state index < -0.39 is 0 Å². The molecule has 0 atom stereocenters. The van der Waals surface area contributed by atoms with Crippen molar-refractivity contribution in [1.29, 1.82) is 10.5 Å². The van der Waals surface area contributed by atoms with Gasteiger partial charge in [0.05, 0.1) is 23.3 Å². The van der Waals surface area contributed by atoms with Crippen LogP contribution >= 0.6 is 22.6 Å². The minimum atomic E-state index is -0.304. The highest BCUT2D eigenvalue weighted by molar-refractivity contribution is 14.1. The molecule has 0 saturated carbocycles. The van der Waals surface area contributed by atoms with Crippen molar-refractivity contribution in [1.82, 2.24) is 0 Å². The molecule has 0 fully saturated rings. The Bertz CT molecular complexity index is 900. The van der Waals surface area contributed by atoms with Crippen molar-refractivity contribution in [2.45, 2.75) is 0 Å². The molecule has 3 rings (SSSR count). The fourth-order valence-corrected chi connectivity index (χ4v) is 3.18. The molecule has 0 spiro atoms. The first-order valence-corrected chi connectivity index (χ1v) is 8.20. The van der Waals surface area contributed by atoms with E-state index in [1.807, 2.05) is 12.1 Å². The van der Waals surface area contributed by atoms with Crippen molar-refractivity contribution in [2.75, 3.05) is 0 Å². The third kappa shape index (κ3) is 3.15. The normalized spacial score (nSPS) is 10.0. The van der Waals surface area contributed by atoms with Crippen molar-refractivity contribution in [2.24, 2.45) is 0 Å². The number of benzene rings is 3. The van der Waals surface area contributed by atoms with Gasteiger partial charge in [0.1, 0.15) is 5.82 Å². The van der Waals surface area contributed by atoms with Crippen LogP contribution in [-0.4, -0.2) is 0 Å². The highest BCUT2D eigenvalue weighted by Crippen LogP contribution is 2.33. The highest BCUT2D eigenvalue weighted by Gasteiger charge is 2.12.